The Kier molecular flexibility index (Phi) is 2.15. The van der Waals surface area contributed by atoms with Gasteiger partial charge in [-0.2, -0.15) is 0 Å². The van der Waals surface area contributed by atoms with Gasteiger partial charge in [-0.1, -0.05) is 13.3 Å². The average Bonchev–Trinajstić information content (AvgIpc) is 2.36. The summed E-state index contributed by atoms with van der Waals surface area (Å²) < 4.78 is 4.22. The summed E-state index contributed by atoms with van der Waals surface area (Å²) in [5.74, 6) is -0.271. The zero-order chi connectivity index (χ0) is 8.27. The van der Waals surface area contributed by atoms with Crippen molar-refractivity contribution in [2.24, 2.45) is 0 Å². The van der Waals surface area contributed by atoms with E-state index in [-0.39, 0.29) is 5.82 Å². The molecule has 0 N–H and O–H groups in total. The standard InChI is InChI=1S/C5H7N3O3/c1-2-3-4-5(8(9)10)7-11-6-4/h2-3H2,1H3. The molecule has 60 valence electrons. The number of aromatic nitrogens is 2. The lowest BCUT2D eigenvalue weighted by Gasteiger charge is -1.88. The molecule has 0 bridgehead atoms. The Hall–Kier alpha value is -1.46. The molecule has 6 heteroatoms. The second-order valence-corrected chi connectivity index (χ2v) is 2.04. The van der Waals surface area contributed by atoms with Crippen LogP contribution < -0.4 is 0 Å². The maximum atomic E-state index is 10.2. The van der Waals surface area contributed by atoms with Crippen LogP contribution in [0, 0.1) is 10.1 Å². The fourth-order valence-electron chi connectivity index (χ4n) is 0.735. The average molecular weight is 157 g/mol. The molecule has 0 aliphatic heterocycles. The first-order valence-corrected chi connectivity index (χ1v) is 3.21. The Balaban J connectivity index is 2.87. The predicted molar refractivity (Wildman–Crippen MR) is 34.9 cm³/mol. The minimum absolute atomic E-state index is 0.271. The summed E-state index contributed by atoms with van der Waals surface area (Å²) in [6.07, 6.45) is 1.31. The van der Waals surface area contributed by atoms with Gasteiger partial charge in [-0.25, -0.2) is 0 Å². The number of hydrogen-bond acceptors (Lipinski definition) is 5. The molecule has 0 atom stereocenters. The minimum Gasteiger partial charge on any atom is -0.358 e. The molecular formula is C5H7N3O3. The zero-order valence-electron chi connectivity index (χ0n) is 5.98. The van der Waals surface area contributed by atoms with E-state index in [9.17, 15) is 10.1 Å². The first-order valence-electron chi connectivity index (χ1n) is 3.21. The van der Waals surface area contributed by atoms with E-state index >= 15 is 0 Å². The molecule has 0 aliphatic carbocycles. The molecule has 1 aromatic heterocycles. The van der Waals surface area contributed by atoms with Crippen molar-refractivity contribution in [1.29, 1.82) is 0 Å². The van der Waals surface area contributed by atoms with Gasteiger partial charge in [0.05, 0.1) is 0 Å². The smallest absolute Gasteiger partial charge is 0.358 e. The molecule has 1 aromatic rings. The third kappa shape index (κ3) is 1.51. The molecule has 1 rings (SSSR count). The largest absolute Gasteiger partial charge is 0.437 e. The predicted octanol–water partition coefficient (Wildman–Crippen LogP) is 0.930. The van der Waals surface area contributed by atoms with Gasteiger partial charge in [0.2, 0.25) is 0 Å². The van der Waals surface area contributed by atoms with Crippen LogP contribution in [0.15, 0.2) is 4.63 Å². The molecule has 0 spiro atoms. The van der Waals surface area contributed by atoms with Crippen molar-refractivity contribution in [2.45, 2.75) is 19.8 Å². The van der Waals surface area contributed by atoms with Crippen LogP contribution in [-0.2, 0) is 6.42 Å². The van der Waals surface area contributed by atoms with E-state index in [2.05, 4.69) is 14.9 Å². The molecule has 1 heterocycles. The van der Waals surface area contributed by atoms with Crippen molar-refractivity contribution in [2.75, 3.05) is 0 Å². The van der Waals surface area contributed by atoms with Gasteiger partial charge >= 0.3 is 5.82 Å². The van der Waals surface area contributed by atoms with Crippen LogP contribution in [0.1, 0.15) is 19.0 Å². The van der Waals surface area contributed by atoms with E-state index in [1.807, 2.05) is 6.92 Å². The minimum atomic E-state index is -0.596. The molecule has 0 fully saturated rings. The number of aryl methyl sites for hydroxylation is 1. The van der Waals surface area contributed by atoms with E-state index in [0.29, 0.717) is 12.1 Å². The van der Waals surface area contributed by atoms with Crippen LogP contribution in [-0.4, -0.2) is 15.2 Å². The third-order valence-corrected chi connectivity index (χ3v) is 1.20. The lowest BCUT2D eigenvalue weighted by molar-refractivity contribution is -0.391. The van der Waals surface area contributed by atoms with Crippen molar-refractivity contribution in [1.82, 2.24) is 10.3 Å². The van der Waals surface area contributed by atoms with Crippen molar-refractivity contribution in [3.63, 3.8) is 0 Å². The zero-order valence-corrected chi connectivity index (χ0v) is 5.98. The molecule has 0 aromatic carbocycles. The fraction of sp³-hybridized carbons (Fsp3) is 0.600. The van der Waals surface area contributed by atoms with E-state index in [1.54, 1.807) is 0 Å². The maximum Gasteiger partial charge on any atom is 0.437 e. The number of hydrogen-bond donors (Lipinski definition) is 0. The Morgan fingerprint density at radius 2 is 2.36 bits per heavy atom. The molecule has 11 heavy (non-hydrogen) atoms. The SMILES string of the molecule is CCCc1nonc1[N+](=O)[O-]. The van der Waals surface area contributed by atoms with E-state index < -0.39 is 4.92 Å². The number of nitrogens with zero attached hydrogens (tertiary/aromatic N) is 3. The summed E-state index contributed by atoms with van der Waals surface area (Å²) in [7, 11) is 0. The van der Waals surface area contributed by atoms with Gasteiger partial charge in [-0.3, -0.25) is 0 Å². The monoisotopic (exact) mass is 157 g/mol. The Morgan fingerprint density at radius 3 is 2.91 bits per heavy atom. The van der Waals surface area contributed by atoms with E-state index in [1.165, 1.54) is 0 Å². The van der Waals surface area contributed by atoms with Crippen molar-refractivity contribution in [3.05, 3.63) is 15.8 Å². The van der Waals surface area contributed by atoms with Gasteiger partial charge in [-0.05, 0) is 10.1 Å². The highest BCUT2D eigenvalue weighted by molar-refractivity contribution is 5.21. The Morgan fingerprint density at radius 1 is 1.64 bits per heavy atom. The fourth-order valence-corrected chi connectivity index (χ4v) is 0.735. The molecule has 0 unspecified atom stereocenters. The van der Waals surface area contributed by atoms with Gasteiger partial charge in [-0.15, -0.1) is 4.63 Å². The first-order chi connectivity index (χ1) is 5.25. The molecule has 0 radical (unpaired) electrons. The second kappa shape index (κ2) is 3.09. The van der Waals surface area contributed by atoms with Crippen LogP contribution in [0.2, 0.25) is 0 Å². The Bertz CT molecular complexity index is 257. The summed E-state index contributed by atoms with van der Waals surface area (Å²) in [6, 6.07) is 0. The van der Waals surface area contributed by atoms with Crippen LogP contribution in [0.3, 0.4) is 0 Å². The summed E-state index contributed by atoms with van der Waals surface area (Å²) >= 11 is 0. The maximum absolute atomic E-state index is 10.2. The molecule has 0 amide bonds. The highest BCUT2D eigenvalue weighted by Gasteiger charge is 2.20. The molecule has 6 nitrogen and oxygen atoms in total. The number of rotatable bonds is 3. The highest BCUT2D eigenvalue weighted by Crippen LogP contribution is 2.13. The van der Waals surface area contributed by atoms with Gasteiger partial charge in [0, 0.05) is 6.42 Å². The Labute approximate surface area is 62.3 Å². The number of nitro groups is 1. The summed E-state index contributed by atoms with van der Waals surface area (Å²) in [5, 5.41) is 16.7. The van der Waals surface area contributed by atoms with Gasteiger partial charge in [0.15, 0.2) is 10.9 Å². The second-order valence-electron chi connectivity index (χ2n) is 2.04. The van der Waals surface area contributed by atoms with Crippen LogP contribution >= 0.6 is 0 Å². The topological polar surface area (TPSA) is 82.1 Å². The van der Waals surface area contributed by atoms with Gasteiger partial charge < -0.3 is 10.1 Å². The molecule has 0 saturated carbocycles. The normalized spacial score (nSPS) is 9.91. The quantitative estimate of drug-likeness (QED) is 0.481. The van der Waals surface area contributed by atoms with Gasteiger partial charge in [0.1, 0.15) is 0 Å². The lowest BCUT2D eigenvalue weighted by Crippen LogP contribution is -1.93. The summed E-state index contributed by atoms with van der Waals surface area (Å²) in [6.45, 7) is 1.90. The van der Waals surface area contributed by atoms with Crippen molar-refractivity contribution < 1.29 is 9.55 Å². The van der Waals surface area contributed by atoms with Crippen LogP contribution in [0.5, 0.6) is 0 Å². The van der Waals surface area contributed by atoms with Crippen molar-refractivity contribution >= 4 is 5.82 Å². The van der Waals surface area contributed by atoms with E-state index in [4.69, 9.17) is 0 Å². The lowest BCUT2D eigenvalue weighted by atomic mass is 10.2. The van der Waals surface area contributed by atoms with Crippen LogP contribution in [0.25, 0.3) is 0 Å². The third-order valence-electron chi connectivity index (χ3n) is 1.20. The highest BCUT2D eigenvalue weighted by atomic mass is 16.6. The molecule has 0 aliphatic rings. The summed E-state index contributed by atoms with van der Waals surface area (Å²) in [4.78, 5) is 9.61. The first kappa shape index (κ1) is 7.64. The van der Waals surface area contributed by atoms with Gasteiger partial charge in [0.25, 0.3) is 0 Å². The molecular weight excluding hydrogens is 150 g/mol. The summed E-state index contributed by atoms with van der Waals surface area (Å²) in [5.41, 5.74) is 0.317. The van der Waals surface area contributed by atoms with Crippen molar-refractivity contribution in [3.8, 4) is 0 Å². The van der Waals surface area contributed by atoms with E-state index in [0.717, 1.165) is 6.42 Å². The van der Waals surface area contributed by atoms with Crippen LogP contribution in [0.4, 0.5) is 5.82 Å². The molecule has 0 saturated heterocycles.